The Balaban J connectivity index is 1.57. The molecular formula is C22H25FN4O3. The number of likely N-dealkylation sites (tertiary alicyclic amines) is 1. The summed E-state index contributed by atoms with van der Waals surface area (Å²) in [6.45, 7) is 2.17. The molecule has 0 radical (unpaired) electrons. The molecule has 158 valence electrons. The Morgan fingerprint density at radius 1 is 1.20 bits per heavy atom. The monoisotopic (exact) mass is 412 g/mol. The van der Waals surface area contributed by atoms with Crippen LogP contribution in [0, 0.1) is 17.7 Å². The van der Waals surface area contributed by atoms with Crippen molar-refractivity contribution in [3.05, 3.63) is 60.4 Å². The lowest BCUT2D eigenvalue weighted by Gasteiger charge is -2.38. The Morgan fingerprint density at radius 2 is 2.00 bits per heavy atom. The van der Waals surface area contributed by atoms with E-state index in [1.54, 1.807) is 19.2 Å². The fraction of sp³-hybridized carbons (Fsp3) is 0.364. The summed E-state index contributed by atoms with van der Waals surface area (Å²) in [7, 11) is 1.63. The molecule has 2 saturated heterocycles. The molecule has 2 aliphatic heterocycles. The van der Waals surface area contributed by atoms with Gasteiger partial charge < -0.3 is 10.1 Å². The molecule has 30 heavy (non-hydrogen) atoms. The van der Waals surface area contributed by atoms with Gasteiger partial charge in [0.05, 0.1) is 30.2 Å². The number of halogens is 1. The molecule has 2 amide bonds. The van der Waals surface area contributed by atoms with Gasteiger partial charge >= 0.3 is 0 Å². The lowest BCUT2D eigenvalue weighted by atomic mass is 9.84. The highest BCUT2D eigenvalue weighted by atomic mass is 19.1. The fourth-order valence-electron chi connectivity index (χ4n) is 4.16. The third kappa shape index (κ3) is 4.21. The van der Waals surface area contributed by atoms with Crippen molar-refractivity contribution in [2.24, 2.45) is 11.8 Å². The molecule has 7 nitrogen and oxygen atoms in total. The van der Waals surface area contributed by atoms with Crippen LogP contribution in [-0.2, 0) is 14.3 Å². The molecule has 0 saturated carbocycles. The number of amides is 2. The molecular weight excluding hydrogens is 387 g/mol. The van der Waals surface area contributed by atoms with Gasteiger partial charge in [0.1, 0.15) is 5.82 Å². The molecule has 2 heterocycles. The zero-order chi connectivity index (χ0) is 21.1. The van der Waals surface area contributed by atoms with Crippen LogP contribution in [0.3, 0.4) is 0 Å². The normalized spacial score (nSPS) is 24.0. The van der Waals surface area contributed by atoms with Crippen molar-refractivity contribution < 1.29 is 18.7 Å². The number of carbonyl (C=O) groups is 2. The minimum atomic E-state index is -0.485. The number of hydrazine groups is 1. The largest absolute Gasteiger partial charge is 0.383 e. The number of hydrogen-bond acceptors (Lipinski definition) is 5. The summed E-state index contributed by atoms with van der Waals surface area (Å²) in [6.07, 6.45) is 0. The smallest absolute Gasteiger partial charge is 0.247 e. The van der Waals surface area contributed by atoms with Crippen LogP contribution >= 0.6 is 0 Å². The van der Waals surface area contributed by atoms with Gasteiger partial charge in [0, 0.05) is 32.4 Å². The number of hydrogen-bond donors (Lipinski definition) is 2. The van der Waals surface area contributed by atoms with E-state index in [1.807, 2.05) is 30.3 Å². The van der Waals surface area contributed by atoms with Gasteiger partial charge in [0.15, 0.2) is 0 Å². The number of rotatable bonds is 6. The van der Waals surface area contributed by atoms with Gasteiger partial charge in [-0.1, -0.05) is 24.3 Å². The Kier molecular flexibility index (Phi) is 6.08. The molecule has 2 aromatic rings. The second-order valence-electron chi connectivity index (χ2n) is 7.63. The lowest BCUT2D eigenvalue weighted by molar-refractivity contribution is -0.126. The maximum atomic E-state index is 13.5. The van der Waals surface area contributed by atoms with Crippen LogP contribution in [0.2, 0.25) is 0 Å². The topological polar surface area (TPSA) is 73.9 Å². The van der Waals surface area contributed by atoms with Gasteiger partial charge in [-0.25, -0.2) is 14.8 Å². The van der Waals surface area contributed by atoms with Crippen molar-refractivity contribution in [3.63, 3.8) is 0 Å². The van der Waals surface area contributed by atoms with Crippen LogP contribution in [0.25, 0.3) is 0 Å². The van der Waals surface area contributed by atoms with Crippen molar-refractivity contribution >= 4 is 23.2 Å². The molecule has 0 bridgehead atoms. The van der Waals surface area contributed by atoms with Gasteiger partial charge in [-0.05, 0) is 30.3 Å². The number of benzene rings is 2. The van der Waals surface area contributed by atoms with E-state index in [2.05, 4.69) is 15.6 Å². The Bertz CT molecular complexity index is 910. The predicted octanol–water partition coefficient (Wildman–Crippen LogP) is 1.88. The third-order valence-electron chi connectivity index (χ3n) is 5.65. The number of nitrogens with zero attached hydrogens (tertiary/aromatic N) is 2. The minimum absolute atomic E-state index is 0.0585. The Labute approximate surface area is 174 Å². The highest BCUT2D eigenvalue weighted by Gasteiger charge is 2.50. The molecule has 2 aromatic carbocycles. The zero-order valence-corrected chi connectivity index (χ0v) is 16.8. The molecule has 2 N–H and O–H groups in total. The predicted molar refractivity (Wildman–Crippen MR) is 111 cm³/mol. The summed E-state index contributed by atoms with van der Waals surface area (Å²) in [5.41, 5.74) is 4.39. The number of carbonyl (C=O) groups excluding carboxylic acids is 2. The van der Waals surface area contributed by atoms with Gasteiger partial charge in [-0.3, -0.25) is 14.5 Å². The maximum Gasteiger partial charge on any atom is 0.247 e. The van der Waals surface area contributed by atoms with E-state index in [0.29, 0.717) is 31.9 Å². The van der Waals surface area contributed by atoms with Crippen LogP contribution < -0.4 is 15.8 Å². The number of piperidine rings is 1. The van der Waals surface area contributed by atoms with Crippen LogP contribution in [0.5, 0.6) is 0 Å². The van der Waals surface area contributed by atoms with Crippen LogP contribution in [-0.4, -0.2) is 56.1 Å². The molecule has 0 spiro atoms. The second kappa shape index (κ2) is 8.91. The zero-order valence-electron chi connectivity index (χ0n) is 16.8. The van der Waals surface area contributed by atoms with Gasteiger partial charge in [0.25, 0.3) is 0 Å². The number of nitrogens with one attached hydrogen (secondary N) is 2. The first-order chi connectivity index (χ1) is 14.6. The van der Waals surface area contributed by atoms with Crippen molar-refractivity contribution in [2.45, 2.75) is 6.04 Å². The summed E-state index contributed by atoms with van der Waals surface area (Å²) in [4.78, 5) is 28.4. The van der Waals surface area contributed by atoms with E-state index >= 15 is 0 Å². The van der Waals surface area contributed by atoms with Crippen molar-refractivity contribution in [1.82, 2.24) is 10.3 Å². The van der Waals surface area contributed by atoms with Crippen LogP contribution in [0.15, 0.2) is 54.6 Å². The average molecular weight is 412 g/mol. The summed E-state index contributed by atoms with van der Waals surface area (Å²) < 4.78 is 18.7. The van der Waals surface area contributed by atoms with E-state index < -0.39 is 11.7 Å². The number of para-hydroxylation sites is 1. The molecule has 2 aliphatic rings. The van der Waals surface area contributed by atoms with E-state index in [4.69, 9.17) is 4.74 Å². The minimum Gasteiger partial charge on any atom is -0.383 e. The first kappa shape index (κ1) is 20.5. The van der Waals surface area contributed by atoms with E-state index in [-0.39, 0.29) is 23.8 Å². The number of methoxy groups -OCH3 is 1. The second-order valence-corrected chi connectivity index (χ2v) is 7.63. The van der Waals surface area contributed by atoms with E-state index in [0.717, 1.165) is 5.69 Å². The SMILES string of the molecule is COCCN1CC(C(=O)Nc2cccc(F)c2)C2NN(c3ccccc3)C(=O)C2C1. The molecule has 8 heteroatoms. The lowest BCUT2D eigenvalue weighted by Crippen LogP contribution is -2.56. The Hall–Kier alpha value is -2.81. The summed E-state index contributed by atoms with van der Waals surface area (Å²) in [5, 5.41) is 4.34. The van der Waals surface area contributed by atoms with Gasteiger partial charge in [-0.15, -0.1) is 0 Å². The first-order valence-corrected chi connectivity index (χ1v) is 9.99. The molecule has 3 atom stereocenters. The highest BCUT2D eigenvalue weighted by Crippen LogP contribution is 2.32. The molecule has 4 rings (SSSR count). The standard InChI is InChI=1S/C22H25FN4O3/c1-30-11-10-26-13-18(21(28)24-16-7-5-6-15(23)12-16)20-19(14-26)22(29)27(25-20)17-8-3-2-4-9-17/h2-9,12,18-20,25H,10-11,13-14H2,1H3,(H,24,28). The van der Waals surface area contributed by atoms with Crippen LogP contribution in [0.1, 0.15) is 0 Å². The van der Waals surface area contributed by atoms with Gasteiger partial charge in [-0.2, -0.15) is 0 Å². The number of ether oxygens (including phenoxy) is 1. The molecule has 3 unspecified atom stereocenters. The maximum absolute atomic E-state index is 13.5. The number of fused-ring (bicyclic) bond motifs is 1. The summed E-state index contributed by atoms with van der Waals surface area (Å²) >= 11 is 0. The van der Waals surface area contributed by atoms with Crippen molar-refractivity contribution in [2.75, 3.05) is 43.7 Å². The third-order valence-corrected chi connectivity index (χ3v) is 5.65. The quantitative estimate of drug-likeness (QED) is 0.758. The fourth-order valence-corrected chi connectivity index (χ4v) is 4.16. The van der Waals surface area contributed by atoms with Crippen molar-refractivity contribution in [1.29, 1.82) is 0 Å². The van der Waals surface area contributed by atoms with Crippen molar-refractivity contribution in [3.8, 4) is 0 Å². The highest BCUT2D eigenvalue weighted by molar-refractivity contribution is 5.99. The first-order valence-electron chi connectivity index (χ1n) is 9.99. The van der Waals surface area contributed by atoms with Crippen LogP contribution in [0.4, 0.5) is 15.8 Å². The average Bonchev–Trinajstić information content (AvgIpc) is 3.09. The Morgan fingerprint density at radius 3 is 2.73 bits per heavy atom. The molecule has 0 aliphatic carbocycles. The summed E-state index contributed by atoms with van der Waals surface area (Å²) in [6, 6.07) is 14.8. The molecule has 0 aromatic heterocycles. The van der Waals surface area contributed by atoms with E-state index in [9.17, 15) is 14.0 Å². The summed E-state index contributed by atoms with van der Waals surface area (Å²) in [5.74, 6) is -1.56. The molecule has 2 fully saturated rings. The number of anilines is 2. The van der Waals surface area contributed by atoms with E-state index in [1.165, 1.54) is 17.1 Å². The van der Waals surface area contributed by atoms with Gasteiger partial charge in [0.2, 0.25) is 11.8 Å².